The van der Waals surface area contributed by atoms with Crippen LogP contribution in [0.4, 0.5) is 5.13 Å². The largest absolute Gasteiger partial charge is 0.469 e. The molecule has 0 spiro atoms. The van der Waals surface area contributed by atoms with Crippen molar-refractivity contribution in [3.8, 4) is 0 Å². The number of likely N-dealkylation sites (N-methyl/N-ethyl adjacent to an activating group) is 1. The van der Waals surface area contributed by atoms with Gasteiger partial charge < -0.3 is 14.6 Å². The first-order valence-electron chi connectivity index (χ1n) is 8.31. The highest BCUT2D eigenvalue weighted by Gasteiger charge is 2.22. The predicted octanol–water partition coefficient (Wildman–Crippen LogP) is 2.89. The van der Waals surface area contributed by atoms with Gasteiger partial charge in [0.2, 0.25) is 5.91 Å². The zero-order chi connectivity index (χ0) is 17.8. The minimum Gasteiger partial charge on any atom is -0.469 e. The van der Waals surface area contributed by atoms with Crippen molar-refractivity contribution in [1.82, 2.24) is 15.2 Å². The van der Waals surface area contributed by atoms with E-state index in [-0.39, 0.29) is 49.1 Å². The van der Waals surface area contributed by atoms with Gasteiger partial charge in [-0.3, -0.25) is 14.9 Å². The summed E-state index contributed by atoms with van der Waals surface area (Å²) in [6.07, 6.45) is 3.68. The molecule has 27 heavy (non-hydrogen) atoms. The standard InChI is InChI=1S/C17H22N4O3S.2ClH/c1-11-14(5-8-24-11)16(23)20-17-19-12(10-25-17)9-15(22)21(2)13-3-6-18-7-4-13;;/h5,8,10,13,18H,3-4,6-7,9H2,1-2H3,(H,19,20,23);2*1H. The second kappa shape index (κ2) is 10.7. The van der Waals surface area contributed by atoms with Crippen molar-refractivity contribution >= 4 is 53.1 Å². The van der Waals surface area contributed by atoms with Gasteiger partial charge in [-0.1, -0.05) is 0 Å². The van der Waals surface area contributed by atoms with Gasteiger partial charge in [-0.15, -0.1) is 36.2 Å². The third-order valence-corrected chi connectivity index (χ3v) is 5.26. The van der Waals surface area contributed by atoms with Crippen LogP contribution in [0.3, 0.4) is 0 Å². The monoisotopic (exact) mass is 434 g/mol. The van der Waals surface area contributed by atoms with E-state index >= 15 is 0 Å². The van der Waals surface area contributed by atoms with Crippen molar-refractivity contribution in [2.75, 3.05) is 25.5 Å². The highest BCUT2D eigenvalue weighted by Crippen LogP contribution is 2.19. The second-order valence-corrected chi connectivity index (χ2v) is 7.01. The SMILES string of the molecule is Cc1occc1C(=O)Nc1nc(CC(=O)N(C)C2CCNCC2)cs1.Cl.Cl. The maximum absolute atomic E-state index is 12.4. The molecule has 3 heterocycles. The van der Waals surface area contributed by atoms with Gasteiger partial charge in [0.05, 0.1) is 23.9 Å². The van der Waals surface area contributed by atoms with Crippen molar-refractivity contribution in [3.63, 3.8) is 0 Å². The van der Waals surface area contributed by atoms with Gasteiger partial charge >= 0.3 is 0 Å². The molecular formula is C17H24Cl2N4O3S. The van der Waals surface area contributed by atoms with Gasteiger partial charge in [-0.05, 0) is 38.9 Å². The van der Waals surface area contributed by atoms with Gasteiger partial charge in [0.1, 0.15) is 5.76 Å². The van der Waals surface area contributed by atoms with Crippen molar-refractivity contribution in [3.05, 3.63) is 34.7 Å². The van der Waals surface area contributed by atoms with E-state index < -0.39 is 0 Å². The number of halogens is 2. The minimum absolute atomic E-state index is 0. The molecule has 3 rings (SSSR count). The predicted molar refractivity (Wildman–Crippen MR) is 110 cm³/mol. The average molecular weight is 435 g/mol. The lowest BCUT2D eigenvalue weighted by molar-refractivity contribution is -0.131. The molecule has 0 atom stereocenters. The van der Waals surface area contributed by atoms with Crippen LogP contribution in [0, 0.1) is 6.92 Å². The van der Waals surface area contributed by atoms with E-state index in [9.17, 15) is 9.59 Å². The summed E-state index contributed by atoms with van der Waals surface area (Å²) in [6, 6.07) is 1.91. The lowest BCUT2D eigenvalue weighted by atomic mass is 10.0. The van der Waals surface area contributed by atoms with Crippen molar-refractivity contribution in [2.45, 2.75) is 32.2 Å². The molecule has 10 heteroatoms. The number of nitrogens with zero attached hydrogens (tertiary/aromatic N) is 2. The summed E-state index contributed by atoms with van der Waals surface area (Å²) in [5.41, 5.74) is 1.16. The van der Waals surface area contributed by atoms with Gasteiger partial charge in [0.25, 0.3) is 5.91 Å². The van der Waals surface area contributed by atoms with Crippen molar-refractivity contribution in [2.24, 2.45) is 0 Å². The smallest absolute Gasteiger partial charge is 0.260 e. The van der Waals surface area contributed by atoms with E-state index in [4.69, 9.17) is 4.42 Å². The molecule has 2 aromatic rings. The Morgan fingerprint density at radius 3 is 2.70 bits per heavy atom. The molecule has 2 amide bonds. The van der Waals surface area contributed by atoms with Crippen LogP contribution < -0.4 is 10.6 Å². The number of carbonyl (C=O) groups is 2. The molecule has 2 N–H and O–H groups in total. The Morgan fingerprint density at radius 1 is 1.37 bits per heavy atom. The first-order valence-corrected chi connectivity index (χ1v) is 9.19. The molecule has 1 aliphatic heterocycles. The molecule has 0 radical (unpaired) electrons. The number of anilines is 1. The lowest BCUT2D eigenvalue weighted by Gasteiger charge is -2.31. The van der Waals surface area contributed by atoms with E-state index in [0.717, 1.165) is 25.9 Å². The number of carbonyl (C=O) groups excluding carboxylic acids is 2. The zero-order valence-electron chi connectivity index (χ0n) is 15.2. The Hall–Kier alpha value is -1.61. The third-order valence-electron chi connectivity index (χ3n) is 4.46. The minimum atomic E-state index is -0.259. The number of aryl methyl sites for hydroxylation is 1. The molecule has 0 bridgehead atoms. The molecule has 150 valence electrons. The van der Waals surface area contributed by atoms with Crippen LogP contribution in [0.15, 0.2) is 22.1 Å². The summed E-state index contributed by atoms with van der Waals surface area (Å²) in [4.78, 5) is 30.8. The summed E-state index contributed by atoms with van der Waals surface area (Å²) in [6.45, 7) is 3.63. The maximum atomic E-state index is 12.4. The number of aromatic nitrogens is 1. The van der Waals surface area contributed by atoms with Crippen LogP contribution in [-0.4, -0.2) is 47.9 Å². The summed E-state index contributed by atoms with van der Waals surface area (Å²) < 4.78 is 5.13. The maximum Gasteiger partial charge on any atom is 0.260 e. The number of hydrogen-bond donors (Lipinski definition) is 2. The molecule has 0 aromatic carbocycles. The molecular weight excluding hydrogens is 411 g/mol. The molecule has 0 aliphatic carbocycles. The van der Waals surface area contributed by atoms with Crippen LogP contribution in [0.25, 0.3) is 0 Å². The van der Waals surface area contributed by atoms with Crippen LogP contribution in [0.2, 0.25) is 0 Å². The molecule has 1 fully saturated rings. The van der Waals surface area contributed by atoms with Crippen LogP contribution in [0.1, 0.15) is 34.7 Å². The number of hydrogen-bond acceptors (Lipinski definition) is 6. The van der Waals surface area contributed by atoms with Gasteiger partial charge in [-0.2, -0.15) is 0 Å². The molecule has 0 saturated carbocycles. The number of furan rings is 1. The van der Waals surface area contributed by atoms with Crippen molar-refractivity contribution < 1.29 is 14.0 Å². The number of thiazole rings is 1. The van der Waals surface area contributed by atoms with E-state index in [0.29, 0.717) is 22.1 Å². The van der Waals surface area contributed by atoms with E-state index in [1.807, 2.05) is 17.3 Å². The first-order chi connectivity index (χ1) is 12.0. The Bertz CT molecular complexity index is 759. The molecule has 0 unspecified atom stereocenters. The number of rotatable bonds is 5. The van der Waals surface area contributed by atoms with Gasteiger partial charge in [0.15, 0.2) is 5.13 Å². The summed E-state index contributed by atoms with van der Waals surface area (Å²) in [5, 5.41) is 8.34. The van der Waals surface area contributed by atoms with Gasteiger partial charge in [-0.25, -0.2) is 4.98 Å². The summed E-state index contributed by atoms with van der Waals surface area (Å²) in [5.74, 6) is 0.360. The third kappa shape index (κ3) is 5.93. The average Bonchev–Trinajstić information content (AvgIpc) is 3.23. The molecule has 2 aromatic heterocycles. The Kier molecular flexibility index (Phi) is 9.25. The van der Waals surface area contributed by atoms with Crippen molar-refractivity contribution in [1.29, 1.82) is 0 Å². The quantitative estimate of drug-likeness (QED) is 0.754. The molecule has 1 saturated heterocycles. The van der Waals surface area contributed by atoms with E-state index in [1.54, 1.807) is 13.0 Å². The fraction of sp³-hybridized carbons (Fsp3) is 0.471. The number of amides is 2. The van der Waals surface area contributed by atoms with Gasteiger partial charge in [0, 0.05) is 18.5 Å². The van der Waals surface area contributed by atoms with Crippen LogP contribution >= 0.6 is 36.2 Å². The highest BCUT2D eigenvalue weighted by molar-refractivity contribution is 7.14. The zero-order valence-corrected chi connectivity index (χ0v) is 17.6. The fourth-order valence-corrected chi connectivity index (χ4v) is 3.61. The topological polar surface area (TPSA) is 87.5 Å². The van der Waals surface area contributed by atoms with Crippen LogP contribution in [0.5, 0.6) is 0 Å². The Labute approximate surface area is 174 Å². The van der Waals surface area contributed by atoms with E-state index in [2.05, 4.69) is 15.6 Å². The highest BCUT2D eigenvalue weighted by atomic mass is 35.5. The Balaban J connectivity index is 0.00000182. The number of piperidine rings is 1. The normalized spacial score (nSPS) is 14.0. The van der Waals surface area contributed by atoms with E-state index in [1.165, 1.54) is 17.6 Å². The summed E-state index contributed by atoms with van der Waals surface area (Å²) >= 11 is 1.32. The Morgan fingerprint density at radius 2 is 2.07 bits per heavy atom. The molecule has 1 aliphatic rings. The lowest BCUT2D eigenvalue weighted by Crippen LogP contribution is -2.44. The number of nitrogens with one attached hydrogen (secondary N) is 2. The summed E-state index contributed by atoms with van der Waals surface area (Å²) in [7, 11) is 1.86. The van der Waals surface area contributed by atoms with Crippen LogP contribution in [-0.2, 0) is 11.2 Å². The fourth-order valence-electron chi connectivity index (χ4n) is 2.91. The first kappa shape index (κ1) is 23.4. The molecule has 7 nitrogen and oxygen atoms in total. The second-order valence-electron chi connectivity index (χ2n) is 6.15.